The molecule has 0 aromatic heterocycles. The van der Waals surface area contributed by atoms with E-state index in [2.05, 4.69) is 16.0 Å². The highest BCUT2D eigenvalue weighted by Gasteiger charge is 2.31. The number of nitrogens with two attached hydrogens (primary N) is 1. The van der Waals surface area contributed by atoms with Gasteiger partial charge < -0.3 is 37.0 Å². The van der Waals surface area contributed by atoms with Gasteiger partial charge in [-0.15, -0.1) is 0 Å². The number of carboxylic acid groups (broad SMARTS) is 2. The molecule has 0 radical (unpaired) electrons. The molecule has 0 saturated heterocycles. The highest BCUT2D eigenvalue weighted by atomic mass is 32.2. The van der Waals surface area contributed by atoms with E-state index >= 15 is 0 Å². The number of nitrogens with one attached hydrogen (secondary N) is 3. The van der Waals surface area contributed by atoms with Crippen LogP contribution in [0.5, 0.6) is 0 Å². The number of carbonyl (C=O) groups excluding carboxylic acids is 3. The Labute approximate surface area is 184 Å². The molecule has 178 valence electrons. The Morgan fingerprint density at radius 3 is 1.87 bits per heavy atom. The molecule has 0 aromatic rings. The number of hydrogen-bond acceptors (Lipinski definition) is 8. The average molecular weight is 465 g/mol. The molecule has 13 heteroatoms. The second-order valence-electron chi connectivity index (χ2n) is 7.19. The first kappa shape index (κ1) is 28.6. The Balaban J connectivity index is 5.47. The van der Waals surface area contributed by atoms with E-state index in [-0.39, 0.29) is 12.8 Å². The number of aliphatic hydroxyl groups excluding tert-OH is 1. The van der Waals surface area contributed by atoms with Crippen LogP contribution in [-0.4, -0.2) is 87.8 Å². The van der Waals surface area contributed by atoms with Crippen molar-refractivity contribution in [2.45, 2.75) is 57.3 Å². The molecule has 3 amide bonds. The molecule has 0 fully saturated rings. The van der Waals surface area contributed by atoms with Gasteiger partial charge in [-0.3, -0.25) is 19.2 Å². The van der Waals surface area contributed by atoms with Crippen LogP contribution in [0.2, 0.25) is 0 Å². The Kier molecular flexibility index (Phi) is 13.5. The topological polar surface area (TPSA) is 208 Å². The van der Waals surface area contributed by atoms with E-state index in [0.29, 0.717) is 5.75 Å². The molecule has 4 unspecified atom stereocenters. The maximum atomic E-state index is 12.7. The zero-order valence-electron chi connectivity index (χ0n) is 17.8. The second-order valence-corrected chi connectivity index (χ2v) is 8.18. The quantitative estimate of drug-likeness (QED) is 0.143. The van der Waals surface area contributed by atoms with Crippen molar-refractivity contribution in [3.8, 4) is 0 Å². The molecule has 0 aromatic carbocycles. The van der Waals surface area contributed by atoms with Gasteiger partial charge in [0.05, 0.1) is 6.61 Å². The van der Waals surface area contributed by atoms with E-state index in [0.717, 1.165) is 0 Å². The molecule has 0 rings (SSSR count). The fourth-order valence-corrected chi connectivity index (χ4v) is 2.91. The van der Waals surface area contributed by atoms with Gasteiger partial charge in [0, 0.05) is 6.42 Å². The summed E-state index contributed by atoms with van der Waals surface area (Å²) in [6, 6.07) is -4.88. The first-order valence-corrected chi connectivity index (χ1v) is 11.0. The summed E-state index contributed by atoms with van der Waals surface area (Å²) in [6.45, 7) is 2.54. The van der Waals surface area contributed by atoms with Crippen LogP contribution in [0.4, 0.5) is 0 Å². The maximum Gasteiger partial charge on any atom is 0.326 e. The average Bonchev–Trinajstić information content (AvgIpc) is 2.70. The third-order valence-corrected chi connectivity index (χ3v) is 4.93. The van der Waals surface area contributed by atoms with Gasteiger partial charge in [0.25, 0.3) is 0 Å². The highest BCUT2D eigenvalue weighted by Crippen LogP contribution is 2.07. The lowest BCUT2D eigenvalue weighted by atomic mass is 10.0. The summed E-state index contributed by atoms with van der Waals surface area (Å²) < 4.78 is 0. The Morgan fingerprint density at radius 1 is 0.903 bits per heavy atom. The van der Waals surface area contributed by atoms with Crippen LogP contribution in [0.3, 0.4) is 0 Å². The van der Waals surface area contributed by atoms with Crippen molar-refractivity contribution in [2.75, 3.05) is 18.6 Å². The van der Waals surface area contributed by atoms with Crippen molar-refractivity contribution in [2.24, 2.45) is 11.7 Å². The number of aliphatic carboxylic acids is 2. The van der Waals surface area contributed by atoms with Crippen LogP contribution < -0.4 is 21.7 Å². The van der Waals surface area contributed by atoms with Gasteiger partial charge in [-0.25, -0.2) is 4.79 Å². The molecule has 4 atom stereocenters. The van der Waals surface area contributed by atoms with Crippen molar-refractivity contribution in [3.05, 3.63) is 0 Å². The zero-order chi connectivity index (χ0) is 24.1. The normalized spacial score (nSPS) is 14.8. The molecule has 0 spiro atoms. The molecule has 0 aliphatic heterocycles. The summed E-state index contributed by atoms with van der Waals surface area (Å²) in [5.41, 5.74) is 5.45. The minimum absolute atomic E-state index is 0.188. The standard InChI is InChI=1S/C18H32N4O8S/c1-9(2)14(18(29)30)22-17(28)11(4-5-13(24)25)21-16(27)12(6-7-31-3)20-15(26)10(19)8-23/h9-12,14,23H,4-8,19H2,1-3H3,(H,20,26)(H,21,27)(H,22,28)(H,24,25)(H,29,30). The molecule has 0 heterocycles. The third kappa shape index (κ3) is 11.0. The lowest BCUT2D eigenvalue weighted by Crippen LogP contribution is -2.58. The Hall–Kier alpha value is -2.38. The molecule has 0 bridgehead atoms. The predicted molar refractivity (Wildman–Crippen MR) is 113 cm³/mol. The highest BCUT2D eigenvalue weighted by molar-refractivity contribution is 7.98. The van der Waals surface area contributed by atoms with Crippen LogP contribution in [0.15, 0.2) is 0 Å². The number of rotatable bonds is 15. The Morgan fingerprint density at radius 2 is 1.42 bits per heavy atom. The van der Waals surface area contributed by atoms with Crippen molar-refractivity contribution < 1.29 is 39.3 Å². The zero-order valence-corrected chi connectivity index (χ0v) is 18.6. The van der Waals surface area contributed by atoms with Crippen molar-refractivity contribution in [1.82, 2.24) is 16.0 Å². The SMILES string of the molecule is CSCCC(NC(=O)C(N)CO)C(=O)NC(CCC(=O)O)C(=O)NC(C(=O)O)C(C)C. The van der Waals surface area contributed by atoms with E-state index in [1.54, 1.807) is 20.1 Å². The summed E-state index contributed by atoms with van der Waals surface area (Å²) in [4.78, 5) is 59.6. The number of hydrogen-bond donors (Lipinski definition) is 7. The molecule has 31 heavy (non-hydrogen) atoms. The summed E-state index contributed by atoms with van der Waals surface area (Å²) in [5.74, 6) is -4.81. The van der Waals surface area contributed by atoms with Crippen LogP contribution in [0.1, 0.15) is 33.1 Å². The van der Waals surface area contributed by atoms with Crippen molar-refractivity contribution in [3.63, 3.8) is 0 Å². The van der Waals surface area contributed by atoms with E-state index in [9.17, 15) is 29.1 Å². The molecule has 0 aliphatic rings. The molecular weight excluding hydrogens is 432 g/mol. The first-order valence-electron chi connectivity index (χ1n) is 9.65. The smallest absolute Gasteiger partial charge is 0.326 e. The van der Waals surface area contributed by atoms with Gasteiger partial charge in [0.15, 0.2) is 0 Å². The fraction of sp³-hybridized carbons (Fsp3) is 0.722. The fourth-order valence-electron chi connectivity index (χ4n) is 2.44. The number of aliphatic hydroxyl groups is 1. The summed E-state index contributed by atoms with van der Waals surface area (Å²) >= 11 is 1.41. The van der Waals surface area contributed by atoms with Gasteiger partial charge in [-0.2, -0.15) is 11.8 Å². The minimum atomic E-state index is -1.33. The number of carbonyl (C=O) groups is 5. The maximum absolute atomic E-state index is 12.7. The van der Waals surface area contributed by atoms with E-state index < -0.39 is 72.8 Å². The van der Waals surface area contributed by atoms with Crippen LogP contribution >= 0.6 is 11.8 Å². The number of amides is 3. The first-order chi connectivity index (χ1) is 14.4. The Bertz CT molecular complexity index is 646. The summed E-state index contributed by atoms with van der Waals surface area (Å²) in [7, 11) is 0. The summed E-state index contributed by atoms with van der Waals surface area (Å²) in [6.07, 6.45) is 1.25. The number of carboxylic acids is 2. The lowest BCUT2D eigenvalue weighted by Gasteiger charge is -2.25. The largest absolute Gasteiger partial charge is 0.481 e. The molecule has 12 nitrogen and oxygen atoms in total. The van der Waals surface area contributed by atoms with Crippen molar-refractivity contribution in [1.29, 1.82) is 0 Å². The van der Waals surface area contributed by atoms with Gasteiger partial charge in [-0.1, -0.05) is 13.8 Å². The molecule has 0 saturated carbocycles. The van der Waals surface area contributed by atoms with Crippen LogP contribution in [-0.2, 0) is 24.0 Å². The predicted octanol–water partition coefficient (Wildman–Crippen LogP) is -1.88. The van der Waals surface area contributed by atoms with E-state index in [1.165, 1.54) is 11.8 Å². The van der Waals surface area contributed by atoms with Gasteiger partial charge in [0.1, 0.15) is 24.2 Å². The van der Waals surface area contributed by atoms with E-state index in [1.807, 2.05) is 0 Å². The third-order valence-electron chi connectivity index (χ3n) is 4.29. The van der Waals surface area contributed by atoms with Crippen LogP contribution in [0.25, 0.3) is 0 Å². The lowest BCUT2D eigenvalue weighted by molar-refractivity contribution is -0.144. The molecule has 0 aliphatic carbocycles. The minimum Gasteiger partial charge on any atom is -0.481 e. The molecule has 8 N–H and O–H groups in total. The van der Waals surface area contributed by atoms with Gasteiger partial charge in [-0.05, 0) is 30.8 Å². The second kappa shape index (κ2) is 14.6. The summed E-state index contributed by atoms with van der Waals surface area (Å²) in [5, 5.41) is 34.3. The number of thioether (sulfide) groups is 1. The monoisotopic (exact) mass is 464 g/mol. The van der Waals surface area contributed by atoms with Crippen LogP contribution in [0, 0.1) is 5.92 Å². The molecular formula is C18H32N4O8S. The van der Waals surface area contributed by atoms with Gasteiger partial charge in [0.2, 0.25) is 17.7 Å². The van der Waals surface area contributed by atoms with Crippen molar-refractivity contribution >= 4 is 41.4 Å². The van der Waals surface area contributed by atoms with E-state index in [4.69, 9.17) is 15.9 Å². The van der Waals surface area contributed by atoms with Gasteiger partial charge >= 0.3 is 11.9 Å².